The van der Waals surface area contributed by atoms with E-state index in [1.54, 1.807) is 4.90 Å². The lowest BCUT2D eigenvalue weighted by molar-refractivity contribution is -0.127. The van der Waals surface area contributed by atoms with Crippen LogP contribution in [0.25, 0.3) is 0 Å². The number of hydrogen-bond acceptors (Lipinski definition) is 5. The Morgan fingerprint density at radius 2 is 2.04 bits per heavy atom. The molecule has 0 unspecified atom stereocenters. The van der Waals surface area contributed by atoms with Crippen molar-refractivity contribution < 1.29 is 4.79 Å². The topological polar surface area (TPSA) is 51.0 Å². The number of halogens is 1. The highest BCUT2D eigenvalue weighted by Gasteiger charge is 2.30. The highest BCUT2D eigenvalue weighted by atomic mass is 35.5. The molecule has 1 aromatic carbocycles. The van der Waals surface area contributed by atoms with E-state index in [-0.39, 0.29) is 5.91 Å². The molecule has 5 nitrogen and oxygen atoms in total. The fourth-order valence-electron chi connectivity index (χ4n) is 2.96. The van der Waals surface area contributed by atoms with Crippen LogP contribution in [0.1, 0.15) is 35.0 Å². The van der Waals surface area contributed by atoms with Crippen LogP contribution in [0.5, 0.6) is 0 Å². The second-order valence-electron chi connectivity index (χ2n) is 6.93. The predicted octanol–water partition coefficient (Wildman–Crippen LogP) is 4.67. The fraction of sp³-hybridized carbons (Fsp3) is 0.350. The summed E-state index contributed by atoms with van der Waals surface area (Å²) in [7, 11) is 1.82. The molecule has 4 rings (SSSR count). The molecule has 0 spiro atoms. The molecule has 3 aromatic rings. The lowest BCUT2D eigenvalue weighted by Gasteiger charge is -2.16. The van der Waals surface area contributed by atoms with Crippen molar-refractivity contribution in [2.45, 2.75) is 37.0 Å². The molecule has 0 aliphatic heterocycles. The molecule has 0 N–H and O–H groups in total. The monoisotopic (exact) mass is 432 g/mol. The first-order valence-corrected chi connectivity index (χ1v) is 11.4. The molecule has 28 heavy (non-hydrogen) atoms. The Morgan fingerprint density at radius 1 is 1.25 bits per heavy atom. The van der Waals surface area contributed by atoms with E-state index in [0.717, 1.165) is 26.7 Å². The van der Waals surface area contributed by atoms with Gasteiger partial charge in [-0.25, -0.2) is 0 Å². The second-order valence-corrected chi connectivity index (χ2v) is 9.67. The van der Waals surface area contributed by atoms with Crippen molar-refractivity contribution >= 4 is 40.6 Å². The van der Waals surface area contributed by atoms with Crippen molar-refractivity contribution in [1.29, 1.82) is 0 Å². The van der Waals surface area contributed by atoms with Crippen LogP contribution in [0.4, 0.5) is 0 Å². The summed E-state index contributed by atoms with van der Waals surface area (Å²) in [4.78, 5) is 15.4. The van der Waals surface area contributed by atoms with E-state index in [9.17, 15) is 4.79 Å². The Balaban J connectivity index is 1.42. The first-order chi connectivity index (χ1) is 13.6. The van der Waals surface area contributed by atoms with Gasteiger partial charge in [-0.15, -0.1) is 21.5 Å². The number of carbonyl (C=O) groups excluding carboxylic acids is 1. The molecule has 0 bridgehead atoms. The molecular formula is C20H21ClN4OS2. The zero-order chi connectivity index (χ0) is 19.5. The van der Waals surface area contributed by atoms with E-state index in [2.05, 4.69) is 26.9 Å². The normalized spacial score (nSPS) is 13.6. The number of aromatic nitrogens is 3. The number of thioether (sulfide) groups is 1. The van der Waals surface area contributed by atoms with E-state index < -0.39 is 0 Å². The molecule has 2 aromatic heterocycles. The molecule has 1 saturated carbocycles. The molecule has 0 saturated heterocycles. The van der Waals surface area contributed by atoms with Gasteiger partial charge in [0.05, 0.1) is 23.2 Å². The Labute approximate surface area is 177 Å². The van der Waals surface area contributed by atoms with E-state index in [1.165, 1.54) is 41.5 Å². The molecule has 1 aliphatic carbocycles. The summed E-state index contributed by atoms with van der Waals surface area (Å²) in [6, 6.07) is 14.1. The van der Waals surface area contributed by atoms with Crippen LogP contribution in [0.15, 0.2) is 47.6 Å². The summed E-state index contributed by atoms with van der Waals surface area (Å²) < 4.78 is 2.91. The van der Waals surface area contributed by atoms with E-state index in [4.69, 9.17) is 11.6 Å². The molecule has 1 amide bonds. The van der Waals surface area contributed by atoms with Crippen molar-refractivity contribution in [1.82, 2.24) is 19.7 Å². The van der Waals surface area contributed by atoms with Gasteiger partial charge < -0.3 is 9.47 Å². The second kappa shape index (κ2) is 8.68. The third kappa shape index (κ3) is 4.77. The minimum atomic E-state index is 0.0664. The van der Waals surface area contributed by atoms with Crippen LogP contribution < -0.4 is 0 Å². The SMILES string of the molecule is CN(Cc1ccc(Cl)s1)C(=O)CSc1nnc(C2CC2)n1Cc1ccccc1. The van der Waals surface area contributed by atoms with Crippen LogP contribution in [-0.2, 0) is 17.9 Å². The maximum atomic E-state index is 12.6. The third-order valence-corrected chi connectivity index (χ3v) is 6.81. The van der Waals surface area contributed by atoms with Gasteiger partial charge in [0.2, 0.25) is 5.91 Å². The lowest BCUT2D eigenvalue weighted by Crippen LogP contribution is -2.27. The standard InChI is InChI=1S/C20H21ClN4OS2/c1-24(12-16-9-10-17(21)28-16)18(26)13-27-20-23-22-19(15-7-8-15)25(20)11-14-5-3-2-4-6-14/h2-6,9-10,15H,7-8,11-13H2,1H3. The van der Waals surface area contributed by atoms with Crippen LogP contribution in [0.2, 0.25) is 4.34 Å². The highest BCUT2D eigenvalue weighted by molar-refractivity contribution is 7.99. The van der Waals surface area contributed by atoms with Gasteiger partial charge in [0.1, 0.15) is 5.82 Å². The van der Waals surface area contributed by atoms with Gasteiger partial charge in [0, 0.05) is 17.8 Å². The fourth-order valence-corrected chi connectivity index (χ4v) is 4.99. The lowest BCUT2D eigenvalue weighted by atomic mass is 10.2. The van der Waals surface area contributed by atoms with Gasteiger partial charge in [-0.1, -0.05) is 53.7 Å². The number of nitrogens with zero attached hydrogens (tertiary/aromatic N) is 4. The largest absolute Gasteiger partial charge is 0.340 e. The number of benzene rings is 1. The molecular weight excluding hydrogens is 412 g/mol. The van der Waals surface area contributed by atoms with Crippen LogP contribution in [-0.4, -0.2) is 38.4 Å². The minimum Gasteiger partial charge on any atom is -0.340 e. The van der Waals surface area contributed by atoms with Crippen molar-refractivity contribution in [3.8, 4) is 0 Å². The number of hydrogen-bond donors (Lipinski definition) is 0. The summed E-state index contributed by atoms with van der Waals surface area (Å²) in [6.45, 7) is 1.31. The Bertz CT molecular complexity index is 952. The summed E-state index contributed by atoms with van der Waals surface area (Å²) in [5.74, 6) is 1.96. The number of amides is 1. The molecule has 0 atom stereocenters. The Hall–Kier alpha value is -1.83. The van der Waals surface area contributed by atoms with Gasteiger partial charge in [-0.3, -0.25) is 4.79 Å². The minimum absolute atomic E-state index is 0.0664. The van der Waals surface area contributed by atoms with Crippen molar-refractivity contribution in [2.75, 3.05) is 12.8 Å². The highest BCUT2D eigenvalue weighted by Crippen LogP contribution is 2.40. The summed E-state index contributed by atoms with van der Waals surface area (Å²) in [6.07, 6.45) is 2.34. The molecule has 0 radical (unpaired) electrons. The first-order valence-electron chi connectivity index (χ1n) is 9.18. The number of carbonyl (C=O) groups is 1. The maximum absolute atomic E-state index is 12.6. The van der Waals surface area contributed by atoms with Gasteiger partial charge in [-0.2, -0.15) is 0 Å². The Kier molecular flexibility index (Phi) is 6.04. The summed E-state index contributed by atoms with van der Waals surface area (Å²) >= 11 is 8.94. The van der Waals surface area contributed by atoms with Gasteiger partial charge in [-0.05, 0) is 30.5 Å². The Morgan fingerprint density at radius 3 is 2.71 bits per heavy atom. The average Bonchev–Trinajstić information content (AvgIpc) is 3.35. The number of rotatable bonds is 8. The molecule has 8 heteroatoms. The number of thiophene rings is 1. The van der Waals surface area contributed by atoms with Crippen molar-refractivity contribution in [3.63, 3.8) is 0 Å². The van der Waals surface area contributed by atoms with Crippen molar-refractivity contribution in [2.24, 2.45) is 0 Å². The third-order valence-electron chi connectivity index (χ3n) is 4.64. The molecule has 2 heterocycles. The van der Waals surface area contributed by atoms with Crippen LogP contribution in [0, 0.1) is 0 Å². The maximum Gasteiger partial charge on any atom is 0.233 e. The summed E-state index contributed by atoms with van der Waals surface area (Å²) in [5.41, 5.74) is 1.21. The predicted molar refractivity (Wildman–Crippen MR) is 114 cm³/mol. The van der Waals surface area contributed by atoms with E-state index in [1.807, 2.05) is 37.4 Å². The van der Waals surface area contributed by atoms with Gasteiger partial charge in [0.15, 0.2) is 5.16 Å². The van der Waals surface area contributed by atoms with Gasteiger partial charge >= 0.3 is 0 Å². The first kappa shape index (κ1) is 19.5. The van der Waals surface area contributed by atoms with E-state index in [0.29, 0.717) is 18.2 Å². The zero-order valence-electron chi connectivity index (χ0n) is 15.5. The van der Waals surface area contributed by atoms with Crippen LogP contribution >= 0.6 is 34.7 Å². The summed E-state index contributed by atoms with van der Waals surface area (Å²) in [5, 5.41) is 9.62. The molecule has 1 fully saturated rings. The van der Waals surface area contributed by atoms with E-state index >= 15 is 0 Å². The van der Waals surface area contributed by atoms with Crippen LogP contribution in [0.3, 0.4) is 0 Å². The molecule has 146 valence electrons. The molecule has 1 aliphatic rings. The zero-order valence-corrected chi connectivity index (χ0v) is 17.9. The van der Waals surface area contributed by atoms with Gasteiger partial charge in [0.25, 0.3) is 0 Å². The smallest absolute Gasteiger partial charge is 0.233 e. The average molecular weight is 433 g/mol. The quantitative estimate of drug-likeness (QED) is 0.485. The van der Waals surface area contributed by atoms with Crippen molar-refractivity contribution in [3.05, 3.63) is 63.1 Å².